The summed E-state index contributed by atoms with van der Waals surface area (Å²) in [5.41, 5.74) is 5.56. The van der Waals surface area contributed by atoms with Crippen LogP contribution in [0.25, 0.3) is 0 Å². The first-order chi connectivity index (χ1) is 8.13. The average molecular weight is 315 g/mol. The van der Waals surface area contributed by atoms with Crippen molar-refractivity contribution in [1.82, 2.24) is 14.7 Å². The van der Waals surface area contributed by atoms with E-state index in [-0.39, 0.29) is 0 Å². The van der Waals surface area contributed by atoms with Crippen molar-refractivity contribution in [3.63, 3.8) is 0 Å². The maximum absolute atomic E-state index is 5.56. The number of hydrogen-bond donors (Lipinski definition) is 1. The summed E-state index contributed by atoms with van der Waals surface area (Å²) in [5.74, 6) is 0.579. The molecule has 0 saturated heterocycles. The van der Waals surface area contributed by atoms with Crippen LogP contribution in [0.1, 0.15) is 4.88 Å². The van der Waals surface area contributed by atoms with Gasteiger partial charge in [-0.3, -0.25) is 9.58 Å². The Kier molecular flexibility index (Phi) is 4.20. The molecule has 0 amide bonds. The zero-order valence-corrected chi connectivity index (χ0v) is 12.0. The highest BCUT2D eigenvalue weighted by molar-refractivity contribution is 9.10. The first kappa shape index (κ1) is 12.6. The first-order valence-corrected chi connectivity index (χ1v) is 7.01. The Morgan fingerprint density at radius 2 is 2.41 bits per heavy atom. The Hall–Kier alpha value is -0.850. The third kappa shape index (κ3) is 3.83. The second-order valence-corrected chi connectivity index (χ2v) is 5.88. The van der Waals surface area contributed by atoms with Gasteiger partial charge in [0.25, 0.3) is 0 Å². The molecule has 0 saturated carbocycles. The van der Waals surface area contributed by atoms with Crippen molar-refractivity contribution in [1.29, 1.82) is 0 Å². The van der Waals surface area contributed by atoms with Crippen LogP contribution in [0.4, 0.5) is 5.82 Å². The molecule has 4 nitrogen and oxygen atoms in total. The monoisotopic (exact) mass is 314 g/mol. The van der Waals surface area contributed by atoms with Crippen LogP contribution < -0.4 is 5.73 Å². The molecular formula is C11H15BrN4S. The van der Waals surface area contributed by atoms with Crippen LogP contribution in [-0.2, 0) is 13.1 Å². The SMILES string of the molecule is CN(CCn1ccc(N)n1)Cc1cc(Br)cs1. The van der Waals surface area contributed by atoms with Gasteiger partial charge in [-0.05, 0) is 35.1 Å². The van der Waals surface area contributed by atoms with Gasteiger partial charge in [0.05, 0.1) is 6.54 Å². The Labute approximate surface area is 113 Å². The van der Waals surface area contributed by atoms with Crippen LogP contribution in [0.2, 0.25) is 0 Å². The molecule has 0 radical (unpaired) electrons. The lowest BCUT2D eigenvalue weighted by molar-refractivity contribution is 0.308. The van der Waals surface area contributed by atoms with Crippen molar-refractivity contribution < 1.29 is 0 Å². The number of nitrogens with zero attached hydrogens (tertiary/aromatic N) is 3. The van der Waals surface area contributed by atoms with Crippen LogP contribution in [0, 0.1) is 0 Å². The molecular weight excluding hydrogens is 300 g/mol. The summed E-state index contributed by atoms with van der Waals surface area (Å²) in [7, 11) is 2.11. The lowest BCUT2D eigenvalue weighted by Gasteiger charge is -2.15. The van der Waals surface area contributed by atoms with E-state index in [1.807, 2.05) is 16.9 Å². The van der Waals surface area contributed by atoms with Gasteiger partial charge in [0.15, 0.2) is 0 Å². The Bertz CT molecular complexity index is 479. The standard InChI is InChI=1S/C11H15BrN4S/c1-15(7-10-6-9(12)8-17-10)4-5-16-3-2-11(13)14-16/h2-3,6,8H,4-5,7H2,1H3,(H2,13,14). The van der Waals surface area contributed by atoms with Gasteiger partial charge in [0.2, 0.25) is 0 Å². The number of aromatic nitrogens is 2. The number of halogens is 1. The molecule has 6 heteroatoms. The highest BCUT2D eigenvalue weighted by atomic mass is 79.9. The molecule has 2 aromatic heterocycles. The van der Waals surface area contributed by atoms with E-state index in [0.29, 0.717) is 5.82 Å². The highest BCUT2D eigenvalue weighted by Crippen LogP contribution is 2.20. The third-order valence-corrected chi connectivity index (χ3v) is 4.10. The molecule has 0 aliphatic heterocycles. The molecule has 0 aliphatic carbocycles. The largest absolute Gasteiger partial charge is 0.382 e. The second kappa shape index (κ2) is 5.66. The van der Waals surface area contributed by atoms with E-state index in [1.165, 1.54) is 4.88 Å². The van der Waals surface area contributed by atoms with E-state index in [2.05, 4.69) is 44.4 Å². The normalized spacial score (nSPS) is 11.2. The molecule has 0 fully saturated rings. The fraction of sp³-hybridized carbons (Fsp3) is 0.364. The molecule has 2 N–H and O–H groups in total. The molecule has 0 aromatic carbocycles. The van der Waals surface area contributed by atoms with Crippen molar-refractivity contribution in [3.05, 3.63) is 33.1 Å². The zero-order valence-electron chi connectivity index (χ0n) is 9.64. The molecule has 0 atom stereocenters. The third-order valence-electron chi connectivity index (χ3n) is 2.42. The van der Waals surface area contributed by atoms with Crippen LogP contribution >= 0.6 is 27.3 Å². The lowest BCUT2D eigenvalue weighted by Crippen LogP contribution is -2.22. The van der Waals surface area contributed by atoms with Gasteiger partial charge in [0.1, 0.15) is 5.82 Å². The summed E-state index contributed by atoms with van der Waals surface area (Å²) in [6.07, 6.45) is 1.91. The van der Waals surface area contributed by atoms with Crippen molar-refractivity contribution >= 4 is 33.1 Å². The lowest BCUT2D eigenvalue weighted by atomic mass is 10.4. The van der Waals surface area contributed by atoms with Crippen LogP contribution in [0.3, 0.4) is 0 Å². The van der Waals surface area contributed by atoms with Gasteiger partial charge >= 0.3 is 0 Å². The minimum atomic E-state index is 0.579. The Morgan fingerprint density at radius 1 is 1.59 bits per heavy atom. The van der Waals surface area contributed by atoms with E-state index in [4.69, 9.17) is 5.73 Å². The topological polar surface area (TPSA) is 47.1 Å². The smallest absolute Gasteiger partial charge is 0.145 e. The highest BCUT2D eigenvalue weighted by Gasteiger charge is 2.03. The van der Waals surface area contributed by atoms with Gasteiger partial charge in [-0.25, -0.2) is 0 Å². The number of anilines is 1. The molecule has 2 heterocycles. The van der Waals surface area contributed by atoms with Crippen LogP contribution in [-0.4, -0.2) is 28.3 Å². The fourth-order valence-electron chi connectivity index (χ4n) is 1.56. The minimum absolute atomic E-state index is 0.579. The molecule has 2 rings (SSSR count). The Balaban J connectivity index is 1.79. The quantitative estimate of drug-likeness (QED) is 0.922. The van der Waals surface area contributed by atoms with Crippen molar-refractivity contribution in [2.75, 3.05) is 19.3 Å². The van der Waals surface area contributed by atoms with Gasteiger partial charge in [-0.2, -0.15) is 5.10 Å². The number of likely N-dealkylation sites (N-methyl/N-ethyl adjacent to an activating group) is 1. The molecule has 17 heavy (non-hydrogen) atoms. The maximum atomic E-state index is 5.56. The van der Waals surface area contributed by atoms with Crippen LogP contribution in [0.5, 0.6) is 0 Å². The number of thiophene rings is 1. The van der Waals surface area contributed by atoms with Gasteiger partial charge in [-0.15, -0.1) is 11.3 Å². The fourth-order valence-corrected chi connectivity index (χ4v) is 3.09. The van der Waals surface area contributed by atoms with E-state index >= 15 is 0 Å². The number of hydrogen-bond acceptors (Lipinski definition) is 4. The predicted molar refractivity (Wildman–Crippen MR) is 75.0 cm³/mol. The summed E-state index contributed by atoms with van der Waals surface area (Å²) >= 11 is 5.24. The maximum Gasteiger partial charge on any atom is 0.145 e. The molecule has 92 valence electrons. The number of rotatable bonds is 5. The first-order valence-electron chi connectivity index (χ1n) is 5.34. The van der Waals surface area contributed by atoms with Crippen molar-refractivity contribution in [3.8, 4) is 0 Å². The Morgan fingerprint density at radius 3 is 3.00 bits per heavy atom. The molecule has 0 aliphatic rings. The van der Waals surface area contributed by atoms with Crippen LogP contribution in [0.15, 0.2) is 28.2 Å². The summed E-state index contributed by atoms with van der Waals surface area (Å²) in [6, 6.07) is 3.98. The number of nitrogens with two attached hydrogens (primary N) is 1. The predicted octanol–water partition coefficient (Wildman–Crippen LogP) is 2.42. The van der Waals surface area contributed by atoms with E-state index in [1.54, 1.807) is 11.3 Å². The van der Waals surface area contributed by atoms with E-state index in [0.717, 1.165) is 24.1 Å². The summed E-state index contributed by atoms with van der Waals surface area (Å²) in [4.78, 5) is 3.63. The summed E-state index contributed by atoms with van der Waals surface area (Å²) < 4.78 is 3.03. The zero-order chi connectivity index (χ0) is 12.3. The number of nitrogen functional groups attached to an aromatic ring is 1. The van der Waals surface area contributed by atoms with Gasteiger partial charge in [0, 0.05) is 34.0 Å². The summed E-state index contributed by atoms with van der Waals surface area (Å²) in [6.45, 7) is 2.78. The average Bonchev–Trinajstić information content (AvgIpc) is 2.85. The molecule has 0 spiro atoms. The summed E-state index contributed by atoms with van der Waals surface area (Å²) in [5, 5.41) is 6.27. The minimum Gasteiger partial charge on any atom is -0.382 e. The second-order valence-electron chi connectivity index (χ2n) is 3.97. The molecule has 0 bridgehead atoms. The van der Waals surface area contributed by atoms with E-state index < -0.39 is 0 Å². The van der Waals surface area contributed by atoms with E-state index in [9.17, 15) is 0 Å². The van der Waals surface area contributed by atoms with Crippen molar-refractivity contribution in [2.45, 2.75) is 13.1 Å². The van der Waals surface area contributed by atoms with Gasteiger partial charge in [-0.1, -0.05) is 0 Å². The van der Waals surface area contributed by atoms with Crippen molar-refractivity contribution in [2.24, 2.45) is 0 Å². The van der Waals surface area contributed by atoms with Gasteiger partial charge < -0.3 is 5.73 Å². The molecule has 0 unspecified atom stereocenters. The molecule has 2 aromatic rings.